The number of carbonyl (C=O) groups is 1. The van der Waals surface area contributed by atoms with E-state index in [2.05, 4.69) is 15.6 Å². The number of allylic oxidation sites excluding steroid dienone is 4. The number of aromatic nitrogens is 1. The van der Waals surface area contributed by atoms with Crippen LogP contribution in [0.1, 0.15) is 22.7 Å². The Morgan fingerprint density at radius 3 is 2.81 bits per heavy atom. The molecule has 2 aliphatic carbocycles. The molecule has 1 aromatic heterocycles. The average molecular weight is 374 g/mol. The summed E-state index contributed by atoms with van der Waals surface area (Å²) in [5.41, 5.74) is 0.448. The molecule has 0 saturated heterocycles. The van der Waals surface area contributed by atoms with Gasteiger partial charge in [-0.3, -0.25) is 4.79 Å². The predicted molar refractivity (Wildman–Crippen MR) is 99.9 cm³/mol. The van der Waals surface area contributed by atoms with E-state index in [1.165, 1.54) is 0 Å². The Hall–Kier alpha value is -2.45. The number of hydrogen-bond acceptors (Lipinski definition) is 7. The van der Waals surface area contributed by atoms with E-state index >= 15 is 0 Å². The molecular formula is C18H22N4O3S. The maximum atomic E-state index is 12.6. The Morgan fingerprint density at radius 2 is 2.23 bits per heavy atom. The molecule has 0 atom stereocenters. The van der Waals surface area contributed by atoms with Gasteiger partial charge in [0.25, 0.3) is 5.91 Å². The minimum Gasteiger partial charge on any atom is -0.488 e. The summed E-state index contributed by atoms with van der Waals surface area (Å²) in [5.74, 6) is 0.244. The molecule has 0 radical (unpaired) electrons. The number of carbonyl (C=O) groups excluding carboxylic acids is 1. The number of thiazole rings is 1. The van der Waals surface area contributed by atoms with Crippen molar-refractivity contribution in [1.82, 2.24) is 15.6 Å². The van der Waals surface area contributed by atoms with Crippen molar-refractivity contribution >= 4 is 23.0 Å². The predicted octanol–water partition coefficient (Wildman–Crippen LogP) is 1.56. The van der Waals surface area contributed by atoms with E-state index in [4.69, 9.17) is 10.1 Å². The van der Waals surface area contributed by atoms with Crippen LogP contribution in [0, 0.1) is 12.3 Å². The zero-order valence-corrected chi connectivity index (χ0v) is 15.6. The number of aliphatic hydroxyl groups is 1. The van der Waals surface area contributed by atoms with Gasteiger partial charge in [-0.2, -0.15) is 0 Å². The van der Waals surface area contributed by atoms with Gasteiger partial charge in [0.2, 0.25) is 0 Å². The van der Waals surface area contributed by atoms with E-state index in [9.17, 15) is 9.90 Å². The third kappa shape index (κ3) is 4.03. The second-order valence-electron chi connectivity index (χ2n) is 6.36. The molecule has 7 nitrogen and oxygen atoms in total. The van der Waals surface area contributed by atoms with Crippen LogP contribution in [-0.2, 0) is 16.1 Å². The summed E-state index contributed by atoms with van der Waals surface area (Å²) >= 11 is 1.57. The van der Waals surface area contributed by atoms with E-state index in [0.717, 1.165) is 22.7 Å². The van der Waals surface area contributed by atoms with Crippen LogP contribution < -0.4 is 10.6 Å². The Kier molecular flexibility index (Phi) is 5.24. The van der Waals surface area contributed by atoms with Crippen LogP contribution >= 0.6 is 11.3 Å². The third-order valence-corrected chi connectivity index (χ3v) is 5.21. The number of rotatable bonds is 7. The SMILES string of the molecule is CN/C(C(=O)NC1(CO)CC1)=C1/C=C(OCc2cnc(C)s2)C=CC1=N. The van der Waals surface area contributed by atoms with Crippen LogP contribution in [0.4, 0.5) is 0 Å². The second-order valence-corrected chi connectivity index (χ2v) is 7.68. The molecule has 0 spiro atoms. The van der Waals surface area contributed by atoms with E-state index in [1.807, 2.05) is 6.92 Å². The van der Waals surface area contributed by atoms with Crippen LogP contribution in [0.25, 0.3) is 0 Å². The number of nitrogens with zero attached hydrogens (tertiary/aromatic N) is 1. The molecule has 4 N–H and O–H groups in total. The van der Waals surface area contributed by atoms with Crippen LogP contribution in [0.2, 0.25) is 0 Å². The molecule has 8 heteroatoms. The first-order chi connectivity index (χ1) is 12.5. The molecule has 1 aromatic rings. The molecule has 0 bridgehead atoms. The lowest BCUT2D eigenvalue weighted by molar-refractivity contribution is -0.119. The van der Waals surface area contributed by atoms with Gasteiger partial charge in [-0.05, 0) is 38.0 Å². The van der Waals surface area contributed by atoms with Crippen molar-refractivity contribution < 1.29 is 14.6 Å². The molecule has 3 rings (SSSR count). The van der Waals surface area contributed by atoms with Crippen molar-refractivity contribution in [3.8, 4) is 0 Å². The van der Waals surface area contributed by atoms with Crippen molar-refractivity contribution in [2.75, 3.05) is 13.7 Å². The molecule has 0 aliphatic heterocycles. The number of nitrogens with one attached hydrogen (secondary N) is 3. The highest BCUT2D eigenvalue weighted by Gasteiger charge is 2.44. The standard InChI is InChI=1S/C18H22N4O3S/c1-11-21-8-13(26-11)9-25-12-3-4-15(19)14(7-12)16(20-2)17(24)22-18(10-23)5-6-18/h3-4,7-8,19-20,23H,5-6,9-10H2,1-2H3,(H,22,24)/b16-14-,19-15?. The highest BCUT2D eigenvalue weighted by molar-refractivity contribution is 7.11. The van der Waals surface area contributed by atoms with Gasteiger partial charge in [-0.1, -0.05) is 0 Å². The Balaban J connectivity index is 1.77. The lowest BCUT2D eigenvalue weighted by Gasteiger charge is -2.19. The van der Waals surface area contributed by atoms with Gasteiger partial charge in [0, 0.05) is 18.8 Å². The van der Waals surface area contributed by atoms with Crippen molar-refractivity contribution in [2.45, 2.75) is 31.9 Å². The topological polar surface area (TPSA) is 107 Å². The Bertz CT molecular complexity index is 818. The molecule has 1 saturated carbocycles. The van der Waals surface area contributed by atoms with E-state index in [-0.39, 0.29) is 23.9 Å². The summed E-state index contributed by atoms with van der Waals surface area (Å²) in [6, 6.07) is 0. The number of aryl methyl sites for hydroxylation is 1. The summed E-state index contributed by atoms with van der Waals surface area (Å²) in [6.07, 6.45) is 8.30. The van der Waals surface area contributed by atoms with Gasteiger partial charge in [0.05, 0.1) is 27.7 Å². The highest BCUT2D eigenvalue weighted by atomic mass is 32.1. The average Bonchev–Trinajstić information content (AvgIpc) is 3.28. The van der Waals surface area contributed by atoms with Crippen LogP contribution in [0.15, 0.2) is 41.5 Å². The fraction of sp³-hybridized carbons (Fsp3) is 0.389. The fourth-order valence-corrected chi connectivity index (χ4v) is 3.30. The fourth-order valence-electron chi connectivity index (χ4n) is 2.59. The van der Waals surface area contributed by atoms with Gasteiger partial charge in [0.15, 0.2) is 0 Å². The largest absolute Gasteiger partial charge is 0.488 e. The van der Waals surface area contributed by atoms with Crippen LogP contribution in [0.3, 0.4) is 0 Å². The number of likely N-dealkylation sites (N-methyl/N-ethyl adjacent to an activating group) is 1. The van der Waals surface area contributed by atoms with Gasteiger partial charge in [0.1, 0.15) is 18.1 Å². The minimum atomic E-state index is -0.514. The van der Waals surface area contributed by atoms with Gasteiger partial charge in [-0.25, -0.2) is 4.98 Å². The van der Waals surface area contributed by atoms with Gasteiger partial charge < -0.3 is 25.9 Å². The van der Waals surface area contributed by atoms with Crippen molar-refractivity contribution in [1.29, 1.82) is 5.41 Å². The summed E-state index contributed by atoms with van der Waals surface area (Å²) in [4.78, 5) is 17.8. The van der Waals surface area contributed by atoms with Crippen molar-refractivity contribution in [3.05, 3.63) is 51.3 Å². The lowest BCUT2D eigenvalue weighted by Crippen LogP contribution is -2.43. The number of amides is 1. The van der Waals surface area contributed by atoms with Crippen molar-refractivity contribution in [3.63, 3.8) is 0 Å². The Labute approximate surface area is 156 Å². The smallest absolute Gasteiger partial charge is 0.268 e. The van der Waals surface area contributed by atoms with E-state index < -0.39 is 5.54 Å². The molecule has 0 unspecified atom stereocenters. The van der Waals surface area contributed by atoms with Gasteiger partial charge in [-0.15, -0.1) is 11.3 Å². The summed E-state index contributed by atoms with van der Waals surface area (Å²) in [7, 11) is 1.64. The first-order valence-corrected chi connectivity index (χ1v) is 9.16. The zero-order valence-electron chi connectivity index (χ0n) is 14.8. The molecular weight excluding hydrogens is 352 g/mol. The number of hydrogen-bond donors (Lipinski definition) is 4. The molecule has 138 valence electrons. The first kappa shape index (κ1) is 18.3. The molecule has 1 fully saturated rings. The maximum absolute atomic E-state index is 12.6. The molecule has 0 aromatic carbocycles. The summed E-state index contributed by atoms with van der Waals surface area (Å²) < 4.78 is 5.78. The van der Waals surface area contributed by atoms with Crippen molar-refractivity contribution in [2.24, 2.45) is 0 Å². The molecule has 1 heterocycles. The van der Waals surface area contributed by atoms with Crippen LogP contribution in [0.5, 0.6) is 0 Å². The summed E-state index contributed by atoms with van der Waals surface area (Å²) in [6.45, 7) is 2.24. The minimum absolute atomic E-state index is 0.0825. The first-order valence-electron chi connectivity index (χ1n) is 8.34. The zero-order chi connectivity index (χ0) is 18.7. The number of aliphatic hydroxyl groups excluding tert-OH is 1. The molecule has 26 heavy (non-hydrogen) atoms. The second kappa shape index (κ2) is 7.43. The maximum Gasteiger partial charge on any atom is 0.268 e. The molecule has 2 aliphatic rings. The highest BCUT2D eigenvalue weighted by Crippen LogP contribution is 2.34. The molecule has 1 amide bonds. The Morgan fingerprint density at radius 1 is 1.46 bits per heavy atom. The monoisotopic (exact) mass is 374 g/mol. The van der Waals surface area contributed by atoms with E-state index in [1.54, 1.807) is 42.8 Å². The summed E-state index contributed by atoms with van der Waals surface area (Å²) in [5, 5.41) is 24.2. The lowest BCUT2D eigenvalue weighted by atomic mass is 10.0. The third-order valence-electron chi connectivity index (χ3n) is 4.32. The normalized spacial score (nSPS) is 19.7. The quantitative estimate of drug-likeness (QED) is 0.542. The number of ether oxygens (including phenoxy) is 1. The van der Waals surface area contributed by atoms with Crippen LogP contribution in [-0.4, -0.2) is 40.9 Å². The van der Waals surface area contributed by atoms with Gasteiger partial charge >= 0.3 is 0 Å². The van der Waals surface area contributed by atoms with E-state index in [0.29, 0.717) is 17.9 Å².